The Morgan fingerprint density at radius 1 is 1.09 bits per heavy atom. The summed E-state index contributed by atoms with van der Waals surface area (Å²) in [6.45, 7) is 0. The molecule has 3 nitrogen and oxygen atoms in total. The number of hydrogen-bond donors (Lipinski definition) is 2. The molecule has 0 unspecified atom stereocenters. The van der Waals surface area contributed by atoms with Gasteiger partial charge >= 0.3 is 6.18 Å². The molecule has 0 bridgehead atoms. The third kappa shape index (κ3) is 3.85. The highest BCUT2D eigenvalue weighted by atomic mass is 19.4. The summed E-state index contributed by atoms with van der Waals surface area (Å²) in [5.41, 5.74) is 0.124. The third-order valence-corrected chi connectivity index (χ3v) is 3.23. The maximum atomic E-state index is 12.7. The summed E-state index contributed by atoms with van der Waals surface area (Å²) in [5, 5.41) is 4.24. The zero-order chi connectivity index (χ0) is 16.2. The monoisotopic (exact) mass is 309 g/mol. The van der Waals surface area contributed by atoms with Gasteiger partial charge in [0.25, 0.3) is 5.91 Å². The molecule has 0 aliphatic rings. The lowest BCUT2D eigenvalue weighted by molar-refractivity contribution is -0.656. The van der Waals surface area contributed by atoms with Gasteiger partial charge in [-0.25, -0.2) is 0 Å². The normalized spacial score (nSPS) is 12.7. The van der Waals surface area contributed by atoms with Gasteiger partial charge in [0.1, 0.15) is 0 Å². The number of alkyl halides is 3. The van der Waals surface area contributed by atoms with E-state index in [-0.39, 0.29) is 11.6 Å². The molecule has 0 aliphatic carbocycles. The summed E-state index contributed by atoms with van der Waals surface area (Å²) in [6.07, 6.45) is -4.43. The minimum absolute atomic E-state index is 0.127. The first-order valence-electron chi connectivity index (χ1n) is 6.74. The number of carbonyl (C=O) groups is 1. The molecule has 0 saturated carbocycles. The molecule has 0 saturated heterocycles. The SMILES string of the molecule is C[NH2+][C@@H](C(=O)Nc1cccc(C(F)(F)F)c1)c1ccccc1. The van der Waals surface area contributed by atoms with E-state index in [4.69, 9.17) is 0 Å². The molecule has 22 heavy (non-hydrogen) atoms. The second kappa shape index (κ2) is 6.62. The van der Waals surface area contributed by atoms with Gasteiger partial charge in [-0.05, 0) is 18.2 Å². The molecule has 2 rings (SSSR count). The van der Waals surface area contributed by atoms with E-state index in [1.54, 1.807) is 24.5 Å². The average molecular weight is 309 g/mol. The lowest BCUT2D eigenvalue weighted by Crippen LogP contribution is -2.83. The summed E-state index contributed by atoms with van der Waals surface area (Å²) in [7, 11) is 1.74. The van der Waals surface area contributed by atoms with Crippen LogP contribution in [0.15, 0.2) is 54.6 Å². The van der Waals surface area contributed by atoms with E-state index in [2.05, 4.69) is 5.32 Å². The maximum absolute atomic E-state index is 12.7. The smallest absolute Gasteiger partial charge is 0.335 e. The van der Waals surface area contributed by atoms with E-state index >= 15 is 0 Å². The molecule has 0 spiro atoms. The molecular formula is C16H16F3N2O+. The van der Waals surface area contributed by atoms with Crippen molar-refractivity contribution in [1.82, 2.24) is 0 Å². The van der Waals surface area contributed by atoms with Gasteiger partial charge < -0.3 is 10.6 Å². The molecule has 0 aliphatic heterocycles. The first kappa shape index (κ1) is 16.0. The van der Waals surface area contributed by atoms with Gasteiger partial charge in [0, 0.05) is 11.3 Å². The van der Waals surface area contributed by atoms with Crippen molar-refractivity contribution in [1.29, 1.82) is 0 Å². The number of quaternary nitrogens is 1. The second-order valence-electron chi connectivity index (χ2n) is 4.79. The maximum Gasteiger partial charge on any atom is 0.416 e. The molecular weight excluding hydrogens is 293 g/mol. The third-order valence-electron chi connectivity index (χ3n) is 3.23. The van der Waals surface area contributed by atoms with Crippen LogP contribution < -0.4 is 10.6 Å². The number of benzene rings is 2. The van der Waals surface area contributed by atoms with Crippen LogP contribution >= 0.6 is 0 Å². The number of nitrogens with one attached hydrogen (secondary N) is 1. The quantitative estimate of drug-likeness (QED) is 0.896. The van der Waals surface area contributed by atoms with Gasteiger partial charge in [-0.3, -0.25) is 4.79 Å². The topological polar surface area (TPSA) is 45.7 Å². The zero-order valence-corrected chi connectivity index (χ0v) is 11.9. The largest absolute Gasteiger partial charge is 0.416 e. The predicted octanol–water partition coefficient (Wildman–Crippen LogP) is 2.58. The number of hydrogen-bond acceptors (Lipinski definition) is 1. The fourth-order valence-corrected chi connectivity index (χ4v) is 2.15. The van der Waals surface area contributed by atoms with Crippen LogP contribution in [0, 0.1) is 0 Å². The average Bonchev–Trinajstić information content (AvgIpc) is 2.48. The van der Waals surface area contributed by atoms with Gasteiger partial charge in [-0.2, -0.15) is 13.2 Å². The van der Waals surface area contributed by atoms with Crippen LogP contribution in [0.3, 0.4) is 0 Å². The first-order chi connectivity index (χ1) is 10.4. The molecule has 0 heterocycles. The number of halogens is 3. The Balaban J connectivity index is 2.18. The van der Waals surface area contributed by atoms with Gasteiger partial charge in [0.05, 0.1) is 12.6 Å². The molecule has 0 aromatic heterocycles. The van der Waals surface area contributed by atoms with Crippen LogP contribution in [0.4, 0.5) is 18.9 Å². The van der Waals surface area contributed by atoms with E-state index < -0.39 is 17.8 Å². The van der Waals surface area contributed by atoms with Crippen molar-refractivity contribution in [2.45, 2.75) is 12.2 Å². The number of rotatable bonds is 4. The van der Waals surface area contributed by atoms with Crippen molar-refractivity contribution in [3.05, 3.63) is 65.7 Å². The Bertz CT molecular complexity index is 641. The zero-order valence-electron chi connectivity index (χ0n) is 11.9. The van der Waals surface area contributed by atoms with Crippen molar-refractivity contribution >= 4 is 11.6 Å². The second-order valence-corrected chi connectivity index (χ2v) is 4.79. The summed E-state index contributed by atoms with van der Waals surface area (Å²) in [5.74, 6) is -0.368. The summed E-state index contributed by atoms with van der Waals surface area (Å²) in [6, 6.07) is 13.1. The highest BCUT2D eigenvalue weighted by molar-refractivity contribution is 5.94. The van der Waals surface area contributed by atoms with Crippen LogP contribution in [0.5, 0.6) is 0 Å². The van der Waals surface area contributed by atoms with Crippen molar-refractivity contribution in [2.75, 3.05) is 12.4 Å². The Morgan fingerprint density at radius 2 is 1.77 bits per heavy atom. The Labute approximate surface area is 126 Å². The van der Waals surface area contributed by atoms with Crippen LogP contribution in [0.1, 0.15) is 17.2 Å². The number of amides is 1. The van der Waals surface area contributed by atoms with Crippen LogP contribution in [0.25, 0.3) is 0 Å². The molecule has 0 radical (unpaired) electrons. The lowest BCUT2D eigenvalue weighted by Gasteiger charge is -2.14. The minimum Gasteiger partial charge on any atom is -0.335 e. The van der Waals surface area contributed by atoms with Crippen molar-refractivity contribution in [2.24, 2.45) is 0 Å². The fraction of sp³-hybridized carbons (Fsp3) is 0.188. The summed E-state index contributed by atoms with van der Waals surface area (Å²) < 4.78 is 38.0. The van der Waals surface area contributed by atoms with Gasteiger partial charge in [-0.15, -0.1) is 0 Å². The predicted molar refractivity (Wildman–Crippen MR) is 77.1 cm³/mol. The first-order valence-corrected chi connectivity index (χ1v) is 6.74. The van der Waals surface area contributed by atoms with Gasteiger partial charge in [0.2, 0.25) is 0 Å². The number of likely N-dealkylation sites (N-methyl/N-ethyl adjacent to an activating group) is 1. The summed E-state index contributed by atoms with van der Waals surface area (Å²) >= 11 is 0. The van der Waals surface area contributed by atoms with Crippen LogP contribution in [-0.4, -0.2) is 13.0 Å². The van der Waals surface area contributed by atoms with E-state index in [0.717, 1.165) is 17.7 Å². The number of carbonyl (C=O) groups excluding carboxylic acids is 1. The van der Waals surface area contributed by atoms with Crippen molar-refractivity contribution in [3.8, 4) is 0 Å². The molecule has 1 atom stereocenters. The van der Waals surface area contributed by atoms with Gasteiger partial charge in [-0.1, -0.05) is 36.4 Å². The number of anilines is 1. The van der Waals surface area contributed by atoms with Crippen LogP contribution in [0.2, 0.25) is 0 Å². The molecule has 2 aromatic carbocycles. The molecule has 1 amide bonds. The Kier molecular flexibility index (Phi) is 4.82. The van der Waals surface area contributed by atoms with Crippen molar-refractivity contribution < 1.29 is 23.3 Å². The lowest BCUT2D eigenvalue weighted by atomic mass is 10.1. The fourth-order valence-electron chi connectivity index (χ4n) is 2.15. The standard InChI is InChI=1S/C16H15F3N2O/c1-20-14(11-6-3-2-4-7-11)15(22)21-13-9-5-8-12(10-13)16(17,18)19/h2-10,14,20H,1H3,(H,21,22)/p+1/t14-/m1/s1. The molecule has 3 N–H and O–H groups in total. The highest BCUT2D eigenvalue weighted by Crippen LogP contribution is 2.30. The number of nitrogens with two attached hydrogens (primary N) is 1. The molecule has 2 aromatic rings. The molecule has 116 valence electrons. The Hall–Kier alpha value is -2.34. The highest BCUT2D eigenvalue weighted by Gasteiger charge is 2.31. The van der Waals surface area contributed by atoms with E-state index in [1.807, 2.05) is 18.2 Å². The Morgan fingerprint density at radius 3 is 2.36 bits per heavy atom. The van der Waals surface area contributed by atoms with E-state index in [9.17, 15) is 18.0 Å². The molecule has 0 fully saturated rings. The van der Waals surface area contributed by atoms with Gasteiger partial charge in [0.15, 0.2) is 6.04 Å². The van der Waals surface area contributed by atoms with Crippen LogP contribution in [-0.2, 0) is 11.0 Å². The minimum atomic E-state index is -4.43. The summed E-state index contributed by atoms with van der Waals surface area (Å²) in [4.78, 5) is 12.3. The molecule has 6 heteroatoms. The van der Waals surface area contributed by atoms with E-state index in [1.165, 1.54) is 12.1 Å². The van der Waals surface area contributed by atoms with Crippen molar-refractivity contribution in [3.63, 3.8) is 0 Å². The van der Waals surface area contributed by atoms with E-state index in [0.29, 0.717) is 0 Å².